The van der Waals surface area contributed by atoms with Gasteiger partial charge in [0.05, 0.1) is 6.42 Å². The molecule has 1 atom stereocenters. The van der Waals surface area contributed by atoms with Crippen LogP contribution >= 0.6 is 22.6 Å². The first-order chi connectivity index (χ1) is 8.31. The zero-order chi connectivity index (χ0) is 13.8. The molecule has 1 aromatic carbocycles. The minimum absolute atomic E-state index is 0.169. The Hall–Kier alpha value is -0.580. The summed E-state index contributed by atoms with van der Waals surface area (Å²) in [4.78, 5) is 11.7. The minimum atomic E-state index is -0.410. The second-order valence-corrected chi connectivity index (χ2v) is 6.44. The van der Waals surface area contributed by atoms with E-state index in [1.54, 1.807) is 0 Å². The molecule has 1 rings (SSSR count). The third-order valence-corrected chi connectivity index (χ3v) is 3.87. The van der Waals surface area contributed by atoms with Gasteiger partial charge in [0.25, 0.3) is 0 Å². The van der Waals surface area contributed by atoms with Crippen LogP contribution in [0.5, 0.6) is 0 Å². The van der Waals surface area contributed by atoms with Gasteiger partial charge in [-0.05, 0) is 37.8 Å². The number of carbonyl (C=O) groups excluding carboxylic acids is 1. The molecule has 0 saturated heterocycles. The Morgan fingerprint density at radius 2 is 1.83 bits per heavy atom. The maximum absolute atomic E-state index is 11.7. The molecule has 0 radical (unpaired) electrons. The standard InChI is InChI=1S/C15H21IO2/c1-11(10-16)13-7-5-12(6-8-13)9-14(17)18-15(2,3)4/h5-8,11H,9-10H2,1-4H3. The molecule has 3 heteroatoms. The minimum Gasteiger partial charge on any atom is -0.460 e. The van der Waals surface area contributed by atoms with Crippen molar-refractivity contribution in [3.8, 4) is 0 Å². The van der Waals surface area contributed by atoms with Gasteiger partial charge in [-0.25, -0.2) is 0 Å². The highest BCUT2D eigenvalue weighted by Crippen LogP contribution is 2.18. The van der Waals surface area contributed by atoms with Crippen LogP contribution in [0.3, 0.4) is 0 Å². The number of rotatable bonds is 4. The molecule has 1 aromatic rings. The highest BCUT2D eigenvalue weighted by atomic mass is 127. The van der Waals surface area contributed by atoms with Crippen molar-refractivity contribution in [1.29, 1.82) is 0 Å². The summed E-state index contributed by atoms with van der Waals surface area (Å²) < 4.78 is 6.40. The monoisotopic (exact) mass is 360 g/mol. The summed E-state index contributed by atoms with van der Waals surface area (Å²) in [7, 11) is 0. The maximum Gasteiger partial charge on any atom is 0.310 e. The van der Waals surface area contributed by atoms with Crippen molar-refractivity contribution < 1.29 is 9.53 Å². The molecular formula is C15H21IO2. The number of halogens is 1. The summed E-state index contributed by atoms with van der Waals surface area (Å²) in [6.07, 6.45) is 0.343. The molecule has 0 aliphatic carbocycles. The number of ether oxygens (including phenoxy) is 1. The van der Waals surface area contributed by atoms with Crippen LogP contribution in [0.15, 0.2) is 24.3 Å². The summed E-state index contributed by atoms with van der Waals surface area (Å²) >= 11 is 2.39. The van der Waals surface area contributed by atoms with Crippen LogP contribution in [0.25, 0.3) is 0 Å². The van der Waals surface area contributed by atoms with E-state index in [0.29, 0.717) is 12.3 Å². The molecule has 0 saturated carbocycles. The van der Waals surface area contributed by atoms with Gasteiger partial charge in [-0.3, -0.25) is 4.79 Å². The third kappa shape index (κ3) is 5.38. The van der Waals surface area contributed by atoms with Crippen molar-refractivity contribution in [1.82, 2.24) is 0 Å². The first-order valence-corrected chi connectivity index (χ1v) is 7.71. The van der Waals surface area contributed by atoms with Crippen LogP contribution in [-0.2, 0) is 16.0 Å². The van der Waals surface area contributed by atoms with E-state index in [1.165, 1.54) is 5.56 Å². The largest absolute Gasteiger partial charge is 0.460 e. The molecule has 0 aromatic heterocycles. The lowest BCUT2D eigenvalue weighted by Gasteiger charge is -2.19. The van der Waals surface area contributed by atoms with Crippen molar-refractivity contribution in [3.63, 3.8) is 0 Å². The highest BCUT2D eigenvalue weighted by Gasteiger charge is 2.16. The topological polar surface area (TPSA) is 26.3 Å². The summed E-state index contributed by atoms with van der Waals surface area (Å²) in [5.41, 5.74) is 1.92. The van der Waals surface area contributed by atoms with Gasteiger partial charge in [-0.2, -0.15) is 0 Å². The predicted octanol–water partition coefficient (Wildman–Crippen LogP) is 4.11. The molecule has 0 bridgehead atoms. The molecule has 0 heterocycles. The quantitative estimate of drug-likeness (QED) is 0.459. The van der Waals surface area contributed by atoms with E-state index in [2.05, 4.69) is 41.6 Å². The van der Waals surface area contributed by atoms with Crippen LogP contribution in [0.4, 0.5) is 0 Å². The zero-order valence-electron chi connectivity index (χ0n) is 11.5. The van der Waals surface area contributed by atoms with E-state index in [9.17, 15) is 4.79 Å². The fourth-order valence-electron chi connectivity index (χ4n) is 1.60. The summed E-state index contributed by atoms with van der Waals surface area (Å²) in [6, 6.07) is 8.23. The van der Waals surface area contributed by atoms with Gasteiger partial charge in [-0.15, -0.1) is 0 Å². The van der Waals surface area contributed by atoms with Crippen LogP contribution in [0, 0.1) is 0 Å². The molecule has 0 spiro atoms. The van der Waals surface area contributed by atoms with Gasteiger partial charge in [0.1, 0.15) is 5.60 Å². The van der Waals surface area contributed by atoms with Crippen molar-refractivity contribution in [3.05, 3.63) is 35.4 Å². The Kier molecular flexibility index (Phi) is 5.63. The fraction of sp³-hybridized carbons (Fsp3) is 0.533. The first kappa shape index (κ1) is 15.5. The Labute approximate surface area is 123 Å². The fourth-order valence-corrected chi connectivity index (χ4v) is 2.11. The van der Waals surface area contributed by atoms with E-state index in [4.69, 9.17) is 4.74 Å². The Morgan fingerprint density at radius 1 is 1.28 bits per heavy atom. The second kappa shape index (κ2) is 6.55. The second-order valence-electron chi connectivity index (χ2n) is 5.56. The molecule has 0 aliphatic rings. The molecule has 18 heavy (non-hydrogen) atoms. The van der Waals surface area contributed by atoms with Crippen molar-refractivity contribution in [2.24, 2.45) is 0 Å². The van der Waals surface area contributed by atoms with Gasteiger partial charge < -0.3 is 4.74 Å². The van der Waals surface area contributed by atoms with Crippen LogP contribution in [0.1, 0.15) is 44.7 Å². The SMILES string of the molecule is CC(CI)c1ccc(CC(=O)OC(C)(C)C)cc1. The Bertz CT molecular complexity index is 390. The molecule has 1 unspecified atom stereocenters. The molecule has 0 amide bonds. The van der Waals surface area contributed by atoms with E-state index < -0.39 is 5.60 Å². The number of benzene rings is 1. The molecule has 0 fully saturated rings. The van der Waals surface area contributed by atoms with E-state index in [1.807, 2.05) is 32.9 Å². The van der Waals surface area contributed by atoms with Crippen LogP contribution < -0.4 is 0 Å². The van der Waals surface area contributed by atoms with Gasteiger partial charge in [0, 0.05) is 4.43 Å². The van der Waals surface area contributed by atoms with E-state index in [0.717, 1.165) is 9.99 Å². The maximum atomic E-state index is 11.7. The number of hydrogen-bond donors (Lipinski definition) is 0. The molecular weight excluding hydrogens is 339 g/mol. The average Bonchev–Trinajstić information content (AvgIpc) is 2.26. The Balaban J connectivity index is 2.61. The predicted molar refractivity (Wildman–Crippen MR) is 83.3 cm³/mol. The molecule has 2 nitrogen and oxygen atoms in total. The smallest absolute Gasteiger partial charge is 0.310 e. The zero-order valence-corrected chi connectivity index (χ0v) is 13.7. The summed E-state index contributed by atoms with van der Waals surface area (Å²) in [5, 5.41) is 0. The molecule has 0 N–H and O–H groups in total. The summed E-state index contributed by atoms with van der Waals surface area (Å²) in [6.45, 7) is 7.86. The lowest BCUT2D eigenvalue weighted by molar-refractivity contribution is -0.153. The van der Waals surface area contributed by atoms with Crippen molar-refractivity contribution in [2.45, 2.75) is 45.6 Å². The Morgan fingerprint density at radius 3 is 2.28 bits per heavy atom. The number of carbonyl (C=O) groups is 1. The highest BCUT2D eigenvalue weighted by molar-refractivity contribution is 14.1. The average molecular weight is 360 g/mol. The lowest BCUT2D eigenvalue weighted by atomic mass is 10.0. The normalized spacial score (nSPS) is 13.2. The number of alkyl halides is 1. The van der Waals surface area contributed by atoms with Crippen LogP contribution in [-0.4, -0.2) is 16.0 Å². The van der Waals surface area contributed by atoms with E-state index >= 15 is 0 Å². The number of hydrogen-bond acceptors (Lipinski definition) is 2. The molecule has 100 valence electrons. The molecule has 0 aliphatic heterocycles. The van der Waals surface area contributed by atoms with E-state index in [-0.39, 0.29) is 5.97 Å². The number of esters is 1. The lowest BCUT2D eigenvalue weighted by Crippen LogP contribution is -2.24. The van der Waals surface area contributed by atoms with Crippen molar-refractivity contribution >= 4 is 28.6 Å². The third-order valence-electron chi connectivity index (χ3n) is 2.55. The van der Waals surface area contributed by atoms with Crippen molar-refractivity contribution in [2.75, 3.05) is 4.43 Å². The van der Waals surface area contributed by atoms with Crippen LogP contribution in [0.2, 0.25) is 0 Å². The summed E-state index contributed by atoms with van der Waals surface area (Å²) in [5.74, 6) is 0.387. The van der Waals surface area contributed by atoms with Gasteiger partial charge >= 0.3 is 5.97 Å². The van der Waals surface area contributed by atoms with Gasteiger partial charge in [-0.1, -0.05) is 53.8 Å². The van der Waals surface area contributed by atoms with Gasteiger partial charge in [0.15, 0.2) is 0 Å². The first-order valence-electron chi connectivity index (χ1n) is 6.18. The van der Waals surface area contributed by atoms with Gasteiger partial charge in [0.2, 0.25) is 0 Å².